The molecule has 1 aliphatic heterocycles. The van der Waals surface area contributed by atoms with Crippen LogP contribution in [-0.4, -0.2) is 51.1 Å². The lowest BCUT2D eigenvalue weighted by molar-refractivity contribution is 0.0216. The Morgan fingerprint density at radius 1 is 1.19 bits per heavy atom. The first kappa shape index (κ1) is 17.9. The van der Waals surface area contributed by atoms with Crippen LogP contribution in [0.4, 0.5) is 0 Å². The van der Waals surface area contributed by atoms with Gasteiger partial charge in [-0.15, -0.1) is 16.4 Å². The van der Waals surface area contributed by atoms with E-state index >= 15 is 0 Å². The molecule has 1 fully saturated rings. The van der Waals surface area contributed by atoms with Gasteiger partial charge in [-0.3, -0.25) is 4.90 Å². The Balaban J connectivity index is 1.67. The first-order chi connectivity index (χ1) is 13.2. The van der Waals surface area contributed by atoms with Crippen LogP contribution in [0.3, 0.4) is 0 Å². The normalized spacial score (nSPS) is 15.6. The minimum absolute atomic E-state index is 0.206. The van der Waals surface area contributed by atoms with Crippen molar-refractivity contribution in [2.24, 2.45) is 0 Å². The van der Waals surface area contributed by atoms with Gasteiger partial charge in [0.1, 0.15) is 5.75 Å². The van der Waals surface area contributed by atoms with Gasteiger partial charge in [0, 0.05) is 18.0 Å². The van der Waals surface area contributed by atoms with Gasteiger partial charge in [-0.2, -0.15) is 0 Å². The fourth-order valence-corrected chi connectivity index (χ4v) is 3.85. The van der Waals surface area contributed by atoms with E-state index in [9.17, 15) is 5.11 Å². The molecule has 6 nitrogen and oxygen atoms in total. The Hall–Kier alpha value is -2.48. The molecule has 4 rings (SSSR count). The minimum atomic E-state index is 0.206. The van der Waals surface area contributed by atoms with E-state index in [0.29, 0.717) is 23.9 Å². The molecule has 7 heteroatoms. The van der Waals surface area contributed by atoms with Crippen LogP contribution in [0.1, 0.15) is 16.3 Å². The van der Waals surface area contributed by atoms with Crippen LogP contribution in [-0.2, 0) is 11.4 Å². The summed E-state index contributed by atoms with van der Waals surface area (Å²) in [6, 6.07) is 9.34. The lowest BCUT2D eigenvalue weighted by Gasteiger charge is -2.26. The van der Waals surface area contributed by atoms with Gasteiger partial charge >= 0.3 is 0 Å². The summed E-state index contributed by atoms with van der Waals surface area (Å²) in [5, 5.41) is 17.0. The summed E-state index contributed by atoms with van der Waals surface area (Å²) in [7, 11) is 0. The molecule has 0 aliphatic carbocycles. The maximum Gasteiger partial charge on any atom is 0.174 e. The zero-order chi connectivity index (χ0) is 18.6. The number of phenols is 1. The zero-order valence-corrected chi connectivity index (χ0v) is 16.0. The fourth-order valence-electron chi connectivity index (χ4n) is 3.03. The fraction of sp³-hybridized carbons (Fsp3) is 0.300. The highest BCUT2D eigenvalue weighted by Crippen LogP contribution is 2.28. The Kier molecular flexibility index (Phi) is 5.33. The standard InChI is InChI=1S/C20H22N4O2S/c1-15-8-13-27-18(15)6-7-19-21-20(16-4-2-3-5-17(16)25)24(22-19)14-23-9-11-26-12-10-23/h2-8,13,25H,9-12,14H2,1H3/b7-6+. The van der Waals surface area contributed by atoms with E-state index in [0.717, 1.165) is 26.3 Å². The van der Waals surface area contributed by atoms with Crippen molar-refractivity contribution in [3.8, 4) is 17.1 Å². The maximum absolute atomic E-state index is 10.3. The monoisotopic (exact) mass is 382 g/mol. The van der Waals surface area contributed by atoms with E-state index in [1.807, 2.05) is 35.0 Å². The number of nitrogens with zero attached hydrogens (tertiary/aromatic N) is 4. The molecule has 2 aromatic heterocycles. The molecule has 140 valence electrons. The number of ether oxygens (including phenoxy) is 1. The number of thiophene rings is 1. The van der Waals surface area contributed by atoms with Crippen LogP contribution < -0.4 is 0 Å². The molecule has 0 spiro atoms. The summed E-state index contributed by atoms with van der Waals surface area (Å²) in [6.45, 7) is 5.88. The molecular formula is C20H22N4O2S. The molecule has 3 heterocycles. The number of benzene rings is 1. The third kappa shape index (κ3) is 4.10. The molecule has 0 unspecified atom stereocenters. The van der Waals surface area contributed by atoms with Gasteiger partial charge < -0.3 is 9.84 Å². The van der Waals surface area contributed by atoms with Gasteiger partial charge in [-0.05, 0) is 48.2 Å². The van der Waals surface area contributed by atoms with E-state index in [1.54, 1.807) is 17.4 Å². The third-order valence-corrected chi connectivity index (χ3v) is 5.54. The predicted molar refractivity (Wildman–Crippen MR) is 107 cm³/mol. The summed E-state index contributed by atoms with van der Waals surface area (Å²) in [5.41, 5.74) is 1.93. The van der Waals surface area contributed by atoms with E-state index in [4.69, 9.17) is 4.74 Å². The number of para-hydroxylation sites is 1. The second-order valence-electron chi connectivity index (χ2n) is 6.48. The first-order valence-corrected chi connectivity index (χ1v) is 9.84. The molecule has 0 bridgehead atoms. The van der Waals surface area contributed by atoms with Crippen molar-refractivity contribution >= 4 is 23.5 Å². The van der Waals surface area contributed by atoms with Crippen molar-refractivity contribution in [2.75, 3.05) is 26.3 Å². The summed E-state index contributed by atoms with van der Waals surface area (Å²) >= 11 is 1.70. The summed E-state index contributed by atoms with van der Waals surface area (Å²) in [5.74, 6) is 1.51. The maximum atomic E-state index is 10.3. The summed E-state index contributed by atoms with van der Waals surface area (Å²) in [4.78, 5) is 8.16. The molecule has 0 amide bonds. The number of aryl methyl sites for hydroxylation is 1. The Morgan fingerprint density at radius 3 is 2.74 bits per heavy atom. The van der Waals surface area contributed by atoms with Crippen molar-refractivity contribution in [2.45, 2.75) is 13.6 Å². The lowest BCUT2D eigenvalue weighted by Crippen LogP contribution is -2.37. The average Bonchev–Trinajstić information content (AvgIpc) is 3.27. The van der Waals surface area contributed by atoms with Crippen LogP contribution in [0.25, 0.3) is 23.5 Å². The second kappa shape index (κ2) is 8.04. The molecule has 1 aromatic carbocycles. The molecule has 1 aliphatic rings. The minimum Gasteiger partial charge on any atom is -0.507 e. The lowest BCUT2D eigenvalue weighted by atomic mass is 10.2. The van der Waals surface area contributed by atoms with Crippen molar-refractivity contribution in [1.82, 2.24) is 19.7 Å². The first-order valence-electron chi connectivity index (χ1n) is 8.96. The van der Waals surface area contributed by atoms with Crippen LogP contribution in [0.5, 0.6) is 5.75 Å². The summed E-state index contributed by atoms with van der Waals surface area (Å²) in [6.07, 6.45) is 3.97. The molecule has 27 heavy (non-hydrogen) atoms. The molecular weight excluding hydrogens is 360 g/mol. The third-order valence-electron chi connectivity index (χ3n) is 4.56. The van der Waals surface area contributed by atoms with Crippen molar-refractivity contribution in [1.29, 1.82) is 0 Å². The molecule has 0 atom stereocenters. The van der Waals surface area contributed by atoms with Gasteiger partial charge in [-0.1, -0.05) is 12.1 Å². The van der Waals surface area contributed by atoms with Gasteiger partial charge in [0.2, 0.25) is 0 Å². The number of morpholine rings is 1. The predicted octanol–water partition coefficient (Wildman–Crippen LogP) is 3.48. The number of phenolic OH excluding ortho intramolecular Hbond substituents is 1. The number of aromatic hydroxyl groups is 1. The average molecular weight is 382 g/mol. The van der Waals surface area contributed by atoms with E-state index < -0.39 is 0 Å². The van der Waals surface area contributed by atoms with E-state index in [-0.39, 0.29) is 5.75 Å². The van der Waals surface area contributed by atoms with Crippen LogP contribution >= 0.6 is 11.3 Å². The van der Waals surface area contributed by atoms with Crippen molar-refractivity contribution in [3.05, 3.63) is 52.0 Å². The molecule has 0 radical (unpaired) electrons. The van der Waals surface area contributed by atoms with Gasteiger partial charge in [0.15, 0.2) is 11.6 Å². The number of aromatic nitrogens is 3. The number of hydrogen-bond acceptors (Lipinski definition) is 6. The number of rotatable bonds is 5. The van der Waals surface area contributed by atoms with Gasteiger partial charge in [-0.25, -0.2) is 9.67 Å². The van der Waals surface area contributed by atoms with E-state index in [2.05, 4.69) is 33.4 Å². The Labute approximate surface area is 162 Å². The highest BCUT2D eigenvalue weighted by atomic mass is 32.1. The second-order valence-corrected chi connectivity index (χ2v) is 7.43. The molecule has 0 saturated carbocycles. The highest BCUT2D eigenvalue weighted by Gasteiger charge is 2.18. The smallest absolute Gasteiger partial charge is 0.174 e. The van der Waals surface area contributed by atoms with Crippen molar-refractivity contribution < 1.29 is 9.84 Å². The van der Waals surface area contributed by atoms with Crippen LogP contribution in [0.2, 0.25) is 0 Å². The highest BCUT2D eigenvalue weighted by molar-refractivity contribution is 7.11. The van der Waals surface area contributed by atoms with Crippen LogP contribution in [0.15, 0.2) is 35.7 Å². The Morgan fingerprint density at radius 2 is 2.00 bits per heavy atom. The van der Waals surface area contributed by atoms with Gasteiger partial charge in [0.25, 0.3) is 0 Å². The van der Waals surface area contributed by atoms with E-state index in [1.165, 1.54) is 10.4 Å². The quantitative estimate of drug-likeness (QED) is 0.732. The zero-order valence-electron chi connectivity index (χ0n) is 15.2. The van der Waals surface area contributed by atoms with Gasteiger partial charge in [0.05, 0.1) is 25.4 Å². The largest absolute Gasteiger partial charge is 0.507 e. The SMILES string of the molecule is Cc1ccsc1/C=C/c1nc(-c2ccccc2O)n(CN2CCOCC2)n1. The molecule has 1 N–H and O–H groups in total. The molecule has 1 saturated heterocycles. The summed E-state index contributed by atoms with van der Waals surface area (Å²) < 4.78 is 7.29. The molecule has 3 aromatic rings. The number of hydrogen-bond donors (Lipinski definition) is 1. The topological polar surface area (TPSA) is 63.4 Å². The van der Waals surface area contributed by atoms with Crippen molar-refractivity contribution in [3.63, 3.8) is 0 Å². The Bertz CT molecular complexity index is 941. The van der Waals surface area contributed by atoms with Crippen LogP contribution in [0, 0.1) is 6.92 Å².